The zero-order valence-corrected chi connectivity index (χ0v) is 14.4. The van der Waals surface area contributed by atoms with Gasteiger partial charge in [-0.2, -0.15) is 0 Å². The van der Waals surface area contributed by atoms with Crippen LogP contribution in [0.4, 0.5) is 0 Å². The van der Waals surface area contributed by atoms with Crippen LogP contribution < -0.4 is 0 Å². The lowest BCUT2D eigenvalue weighted by molar-refractivity contribution is -0.131. The predicted octanol–water partition coefficient (Wildman–Crippen LogP) is 3.93. The number of hydrogen-bond donors (Lipinski definition) is 3. The lowest BCUT2D eigenvalue weighted by Crippen LogP contribution is -2.24. The maximum Gasteiger partial charge on any atom is 0.328 e. The topological polar surface area (TPSA) is 77.8 Å². The normalized spacial score (nSPS) is 15.5. The molecular formula is C20H30O4. The van der Waals surface area contributed by atoms with Crippen molar-refractivity contribution < 1.29 is 20.1 Å². The Hall–Kier alpha value is -1.91. The van der Waals surface area contributed by atoms with E-state index in [1.54, 1.807) is 12.2 Å². The van der Waals surface area contributed by atoms with Crippen LogP contribution in [0.15, 0.2) is 60.8 Å². The van der Waals surface area contributed by atoms with E-state index in [1.165, 1.54) is 6.08 Å². The molecule has 0 saturated carbocycles. The summed E-state index contributed by atoms with van der Waals surface area (Å²) in [5.41, 5.74) is 0. The number of hydrogen-bond acceptors (Lipinski definition) is 3. The number of aliphatic carboxylic acids is 1. The highest BCUT2D eigenvalue weighted by Gasteiger charge is 2.12. The molecule has 0 aliphatic rings. The number of aliphatic hydroxyl groups excluding tert-OH is 2. The SMILES string of the molecule is CCC(O)C(O)CCCCC/C=C/C=C/C=C/C=C/C=C/C(=O)O. The summed E-state index contributed by atoms with van der Waals surface area (Å²) in [6.45, 7) is 1.87. The summed E-state index contributed by atoms with van der Waals surface area (Å²) < 4.78 is 0. The van der Waals surface area contributed by atoms with Gasteiger partial charge in [0.2, 0.25) is 0 Å². The molecule has 0 bridgehead atoms. The van der Waals surface area contributed by atoms with Gasteiger partial charge in [0.15, 0.2) is 0 Å². The van der Waals surface area contributed by atoms with Crippen LogP contribution in [0, 0.1) is 0 Å². The summed E-state index contributed by atoms with van der Waals surface area (Å²) in [6.07, 6.45) is 21.8. The molecule has 0 aliphatic carbocycles. The molecule has 0 aromatic carbocycles. The van der Waals surface area contributed by atoms with E-state index >= 15 is 0 Å². The van der Waals surface area contributed by atoms with Crippen molar-refractivity contribution in [3.05, 3.63) is 60.8 Å². The number of allylic oxidation sites excluding steroid dienone is 9. The second-order valence-electron chi connectivity index (χ2n) is 5.46. The van der Waals surface area contributed by atoms with Gasteiger partial charge in [-0.25, -0.2) is 4.79 Å². The zero-order chi connectivity index (χ0) is 18.0. The Morgan fingerprint density at radius 2 is 1.42 bits per heavy atom. The minimum atomic E-state index is -0.955. The average Bonchev–Trinajstić information content (AvgIpc) is 2.57. The molecule has 3 N–H and O–H groups in total. The molecule has 0 aromatic rings. The van der Waals surface area contributed by atoms with Gasteiger partial charge < -0.3 is 15.3 Å². The van der Waals surface area contributed by atoms with Crippen LogP contribution in [0.1, 0.15) is 45.4 Å². The van der Waals surface area contributed by atoms with Crippen LogP contribution in [0.25, 0.3) is 0 Å². The van der Waals surface area contributed by atoms with Gasteiger partial charge in [0.1, 0.15) is 0 Å². The lowest BCUT2D eigenvalue weighted by atomic mass is 10.0. The van der Waals surface area contributed by atoms with E-state index < -0.39 is 18.2 Å². The van der Waals surface area contributed by atoms with Gasteiger partial charge >= 0.3 is 5.97 Å². The van der Waals surface area contributed by atoms with E-state index in [4.69, 9.17) is 5.11 Å². The molecule has 0 aliphatic heterocycles. The monoisotopic (exact) mass is 334 g/mol. The summed E-state index contributed by atoms with van der Waals surface area (Å²) >= 11 is 0. The van der Waals surface area contributed by atoms with Gasteiger partial charge in [-0.05, 0) is 25.7 Å². The summed E-state index contributed by atoms with van der Waals surface area (Å²) in [4.78, 5) is 10.2. The Morgan fingerprint density at radius 3 is 2.00 bits per heavy atom. The standard InChI is InChI=1S/C20H30O4/c1-2-18(21)19(22)16-14-12-10-8-6-4-3-5-7-9-11-13-15-17-20(23)24/h3-7,9,11,13,15,17-19,21-22H,2,8,10,12,14,16H2,1H3,(H,23,24)/b5-3+,6-4+,9-7+,13-11+,17-15+. The summed E-state index contributed by atoms with van der Waals surface area (Å²) in [7, 11) is 0. The first kappa shape index (κ1) is 22.1. The van der Waals surface area contributed by atoms with Gasteiger partial charge in [0.25, 0.3) is 0 Å². The number of rotatable bonds is 13. The zero-order valence-electron chi connectivity index (χ0n) is 14.4. The highest BCUT2D eigenvalue weighted by atomic mass is 16.4. The van der Waals surface area contributed by atoms with Crippen molar-refractivity contribution in [2.45, 2.75) is 57.7 Å². The molecule has 4 heteroatoms. The molecule has 134 valence electrons. The molecule has 4 nitrogen and oxygen atoms in total. The van der Waals surface area contributed by atoms with Crippen molar-refractivity contribution in [1.29, 1.82) is 0 Å². The molecular weight excluding hydrogens is 304 g/mol. The smallest absolute Gasteiger partial charge is 0.328 e. The number of aliphatic hydroxyl groups is 2. The number of carboxylic acid groups (broad SMARTS) is 1. The van der Waals surface area contributed by atoms with Gasteiger partial charge in [-0.3, -0.25) is 0 Å². The van der Waals surface area contributed by atoms with E-state index in [0.717, 1.165) is 31.8 Å². The highest BCUT2D eigenvalue weighted by molar-refractivity contribution is 5.80. The average molecular weight is 334 g/mol. The first-order chi connectivity index (χ1) is 11.6. The van der Waals surface area contributed by atoms with E-state index in [2.05, 4.69) is 6.08 Å². The van der Waals surface area contributed by atoms with Crippen molar-refractivity contribution in [2.75, 3.05) is 0 Å². The van der Waals surface area contributed by atoms with Crippen molar-refractivity contribution in [2.24, 2.45) is 0 Å². The Bertz CT molecular complexity index is 458. The molecule has 2 unspecified atom stereocenters. The molecule has 0 amide bonds. The molecule has 0 radical (unpaired) electrons. The molecule has 2 atom stereocenters. The third-order valence-corrected chi connectivity index (χ3v) is 3.39. The van der Waals surface area contributed by atoms with Crippen LogP contribution >= 0.6 is 0 Å². The maximum atomic E-state index is 10.2. The van der Waals surface area contributed by atoms with Gasteiger partial charge in [0.05, 0.1) is 12.2 Å². The molecule has 0 aromatic heterocycles. The van der Waals surface area contributed by atoms with E-state index in [-0.39, 0.29) is 0 Å². The molecule has 0 fully saturated rings. The van der Waals surface area contributed by atoms with E-state index in [0.29, 0.717) is 12.8 Å². The fourth-order valence-electron chi connectivity index (χ4n) is 1.95. The van der Waals surface area contributed by atoms with Gasteiger partial charge in [-0.15, -0.1) is 0 Å². The molecule has 0 heterocycles. The van der Waals surface area contributed by atoms with Crippen molar-refractivity contribution in [1.82, 2.24) is 0 Å². The fraction of sp³-hybridized carbons (Fsp3) is 0.450. The second kappa shape index (κ2) is 16.0. The minimum absolute atomic E-state index is 0.589. The highest BCUT2D eigenvalue weighted by Crippen LogP contribution is 2.10. The van der Waals surface area contributed by atoms with Crippen molar-refractivity contribution >= 4 is 5.97 Å². The second-order valence-corrected chi connectivity index (χ2v) is 5.46. The molecule has 0 spiro atoms. The summed E-state index contributed by atoms with van der Waals surface area (Å²) in [5.74, 6) is -0.955. The number of carboxylic acids is 1. The third kappa shape index (κ3) is 15.0. The van der Waals surface area contributed by atoms with Crippen molar-refractivity contribution in [3.8, 4) is 0 Å². The Balaban J connectivity index is 3.63. The van der Waals surface area contributed by atoms with Crippen LogP contribution in [0.5, 0.6) is 0 Å². The maximum absolute atomic E-state index is 10.2. The number of unbranched alkanes of at least 4 members (excludes halogenated alkanes) is 3. The molecule has 0 saturated heterocycles. The predicted molar refractivity (Wildman–Crippen MR) is 98.7 cm³/mol. The quantitative estimate of drug-likeness (QED) is 0.271. The van der Waals surface area contributed by atoms with Crippen molar-refractivity contribution in [3.63, 3.8) is 0 Å². The van der Waals surface area contributed by atoms with Crippen LogP contribution in [-0.4, -0.2) is 33.5 Å². The first-order valence-electron chi connectivity index (χ1n) is 8.50. The minimum Gasteiger partial charge on any atom is -0.478 e. The van der Waals surface area contributed by atoms with E-state index in [9.17, 15) is 15.0 Å². The first-order valence-corrected chi connectivity index (χ1v) is 8.50. The third-order valence-electron chi connectivity index (χ3n) is 3.39. The van der Waals surface area contributed by atoms with Crippen LogP contribution in [0.3, 0.4) is 0 Å². The van der Waals surface area contributed by atoms with Gasteiger partial charge in [0, 0.05) is 6.08 Å². The Morgan fingerprint density at radius 1 is 0.833 bits per heavy atom. The van der Waals surface area contributed by atoms with E-state index in [1.807, 2.05) is 37.3 Å². The Labute approximate surface area is 145 Å². The Kier molecular flexibility index (Phi) is 14.7. The lowest BCUT2D eigenvalue weighted by Gasteiger charge is -2.15. The summed E-state index contributed by atoms with van der Waals surface area (Å²) in [5, 5.41) is 27.4. The number of carbonyl (C=O) groups is 1. The molecule has 0 rings (SSSR count). The largest absolute Gasteiger partial charge is 0.478 e. The molecule has 24 heavy (non-hydrogen) atoms. The fourth-order valence-corrected chi connectivity index (χ4v) is 1.95. The van der Waals surface area contributed by atoms with Crippen LogP contribution in [-0.2, 0) is 4.79 Å². The van der Waals surface area contributed by atoms with Gasteiger partial charge in [-0.1, -0.05) is 74.4 Å². The summed E-state index contributed by atoms with van der Waals surface area (Å²) in [6, 6.07) is 0. The van der Waals surface area contributed by atoms with Crippen LogP contribution in [0.2, 0.25) is 0 Å².